The number of thiazole rings is 1. The fourth-order valence-corrected chi connectivity index (χ4v) is 4.89. The molecule has 31 heavy (non-hydrogen) atoms. The molecule has 2 aromatic carbocycles. The highest BCUT2D eigenvalue weighted by molar-refractivity contribution is 7.89. The number of nitrogens with one attached hydrogen (secondary N) is 1. The van der Waals surface area contributed by atoms with Crippen molar-refractivity contribution < 1.29 is 17.9 Å². The van der Waals surface area contributed by atoms with Crippen molar-refractivity contribution in [2.75, 3.05) is 20.3 Å². The number of hydrogen-bond acceptors (Lipinski definition) is 8. The number of sulfonamides is 1. The van der Waals surface area contributed by atoms with Crippen LogP contribution in [0.5, 0.6) is 11.6 Å². The van der Waals surface area contributed by atoms with Crippen LogP contribution >= 0.6 is 11.3 Å². The Labute approximate surface area is 183 Å². The van der Waals surface area contributed by atoms with Crippen molar-refractivity contribution in [1.29, 1.82) is 0 Å². The molecule has 0 amide bonds. The molecule has 0 aliphatic heterocycles. The van der Waals surface area contributed by atoms with Gasteiger partial charge in [-0.15, -0.1) is 21.5 Å². The molecule has 0 aliphatic rings. The maximum Gasteiger partial charge on any atom is 0.240 e. The third kappa shape index (κ3) is 4.98. The van der Waals surface area contributed by atoms with Gasteiger partial charge in [0.25, 0.3) is 0 Å². The maximum absolute atomic E-state index is 12.5. The first kappa shape index (κ1) is 21.2. The van der Waals surface area contributed by atoms with Crippen molar-refractivity contribution in [1.82, 2.24) is 19.9 Å². The highest BCUT2D eigenvalue weighted by Crippen LogP contribution is 2.24. The maximum atomic E-state index is 12.5. The molecule has 0 saturated carbocycles. The Morgan fingerprint density at radius 1 is 1.03 bits per heavy atom. The zero-order valence-corrected chi connectivity index (χ0v) is 18.5. The molecule has 10 heteroatoms. The molecule has 0 bridgehead atoms. The second-order valence-electron chi connectivity index (χ2n) is 6.59. The van der Waals surface area contributed by atoms with Crippen molar-refractivity contribution in [2.24, 2.45) is 0 Å². The number of fused-ring (bicyclic) bond motifs is 1. The van der Waals surface area contributed by atoms with Gasteiger partial charge in [0.05, 0.1) is 32.9 Å². The van der Waals surface area contributed by atoms with Gasteiger partial charge in [-0.1, -0.05) is 0 Å². The number of hydrogen-bond donors (Lipinski definition) is 1. The van der Waals surface area contributed by atoms with Crippen LogP contribution in [0.1, 0.15) is 5.01 Å². The zero-order valence-electron chi connectivity index (χ0n) is 16.9. The van der Waals surface area contributed by atoms with Gasteiger partial charge in [0.2, 0.25) is 15.9 Å². The van der Waals surface area contributed by atoms with E-state index in [4.69, 9.17) is 9.47 Å². The van der Waals surface area contributed by atoms with E-state index in [1.54, 1.807) is 37.4 Å². The zero-order chi connectivity index (χ0) is 21.8. The summed E-state index contributed by atoms with van der Waals surface area (Å²) in [6, 6.07) is 15.9. The van der Waals surface area contributed by atoms with Crippen molar-refractivity contribution >= 4 is 31.6 Å². The Morgan fingerprint density at radius 3 is 2.55 bits per heavy atom. The molecule has 1 N–H and O–H groups in total. The number of ether oxygens (including phenoxy) is 2. The van der Waals surface area contributed by atoms with Gasteiger partial charge in [-0.05, 0) is 55.5 Å². The van der Waals surface area contributed by atoms with E-state index in [1.165, 1.54) is 11.3 Å². The van der Waals surface area contributed by atoms with Crippen LogP contribution in [-0.4, -0.2) is 43.9 Å². The fraction of sp³-hybridized carbons (Fsp3) is 0.190. The second-order valence-corrected chi connectivity index (χ2v) is 9.60. The van der Waals surface area contributed by atoms with Crippen LogP contribution in [0.3, 0.4) is 0 Å². The molecule has 0 spiro atoms. The van der Waals surface area contributed by atoms with Crippen LogP contribution in [0, 0.1) is 6.92 Å². The lowest BCUT2D eigenvalue weighted by Crippen LogP contribution is -2.28. The van der Waals surface area contributed by atoms with Crippen LogP contribution < -0.4 is 14.2 Å². The van der Waals surface area contributed by atoms with Crippen molar-refractivity contribution in [3.63, 3.8) is 0 Å². The lowest BCUT2D eigenvalue weighted by Gasteiger charge is -2.08. The number of aryl methyl sites for hydroxylation is 1. The summed E-state index contributed by atoms with van der Waals surface area (Å²) in [6.45, 7) is 2.11. The van der Waals surface area contributed by atoms with Crippen molar-refractivity contribution in [3.05, 3.63) is 59.6 Å². The van der Waals surface area contributed by atoms with Crippen LogP contribution in [0.2, 0.25) is 0 Å². The molecular weight excluding hydrogens is 436 g/mol. The Morgan fingerprint density at radius 2 is 1.84 bits per heavy atom. The third-order valence-corrected chi connectivity index (χ3v) is 6.84. The number of nitrogens with zero attached hydrogens (tertiary/aromatic N) is 3. The van der Waals surface area contributed by atoms with Gasteiger partial charge < -0.3 is 9.47 Å². The van der Waals surface area contributed by atoms with E-state index >= 15 is 0 Å². The van der Waals surface area contributed by atoms with E-state index in [0.717, 1.165) is 26.5 Å². The number of methoxy groups -OCH3 is 1. The van der Waals surface area contributed by atoms with E-state index in [0.29, 0.717) is 11.6 Å². The smallest absolute Gasteiger partial charge is 0.240 e. The molecule has 0 saturated heterocycles. The molecule has 160 valence electrons. The predicted octanol–water partition coefficient (Wildman–Crippen LogP) is 3.43. The SMILES string of the molecule is COc1ccc(-c2ccc(OCCNS(=O)(=O)c3ccc4nc(C)sc4c3)nn2)cc1. The summed E-state index contributed by atoms with van der Waals surface area (Å²) in [6.07, 6.45) is 0. The molecule has 0 unspecified atom stereocenters. The third-order valence-electron chi connectivity index (χ3n) is 4.45. The average molecular weight is 457 g/mol. The molecule has 0 fully saturated rings. The quantitative estimate of drug-likeness (QED) is 0.405. The lowest BCUT2D eigenvalue weighted by atomic mass is 10.1. The second kappa shape index (κ2) is 8.96. The van der Waals surface area contributed by atoms with Crippen LogP contribution in [-0.2, 0) is 10.0 Å². The van der Waals surface area contributed by atoms with E-state index < -0.39 is 10.0 Å². The van der Waals surface area contributed by atoms with Crippen LogP contribution in [0.4, 0.5) is 0 Å². The Kier molecular flexibility index (Phi) is 6.12. The summed E-state index contributed by atoms with van der Waals surface area (Å²) >= 11 is 1.46. The number of rotatable bonds is 8. The van der Waals surface area contributed by atoms with Gasteiger partial charge in [-0.2, -0.15) is 0 Å². The van der Waals surface area contributed by atoms with E-state index in [-0.39, 0.29) is 18.0 Å². The van der Waals surface area contributed by atoms with Gasteiger partial charge in [0.15, 0.2) is 0 Å². The summed E-state index contributed by atoms with van der Waals surface area (Å²) in [5, 5.41) is 9.08. The molecule has 4 aromatic rings. The van der Waals surface area contributed by atoms with Crippen LogP contribution in [0.25, 0.3) is 21.5 Å². The molecule has 4 rings (SSSR count). The van der Waals surface area contributed by atoms with Gasteiger partial charge in [-0.25, -0.2) is 18.1 Å². The minimum atomic E-state index is -3.64. The molecule has 0 aliphatic carbocycles. The predicted molar refractivity (Wildman–Crippen MR) is 119 cm³/mol. The minimum absolute atomic E-state index is 0.101. The summed E-state index contributed by atoms with van der Waals surface area (Å²) in [4.78, 5) is 4.54. The van der Waals surface area contributed by atoms with Crippen molar-refractivity contribution in [2.45, 2.75) is 11.8 Å². The molecule has 0 atom stereocenters. The molecule has 0 radical (unpaired) electrons. The highest BCUT2D eigenvalue weighted by Gasteiger charge is 2.15. The molecule has 2 heterocycles. The fourth-order valence-electron chi connectivity index (χ4n) is 2.92. The standard InChI is InChI=1S/C21H20N4O4S2/c1-14-23-19-8-7-17(13-20(19)30-14)31(26,27)22-11-12-29-21-10-9-18(24-25-21)15-3-5-16(28-2)6-4-15/h3-10,13,22H,11-12H2,1-2H3. The highest BCUT2D eigenvalue weighted by atomic mass is 32.2. The lowest BCUT2D eigenvalue weighted by molar-refractivity contribution is 0.307. The van der Waals surface area contributed by atoms with Gasteiger partial charge in [-0.3, -0.25) is 0 Å². The first-order valence-corrected chi connectivity index (χ1v) is 11.7. The van der Waals surface area contributed by atoms with Gasteiger partial charge in [0.1, 0.15) is 12.4 Å². The Hall–Kier alpha value is -3.08. The summed E-state index contributed by atoms with van der Waals surface area (Å²) < 4.78 is 39.1. The average Bonchev–Trinajstić information content (AvgIpc) is 3.16. The normalized spacial score (nSPS) is 11.5. The first-order valence-electron chi connectivity index (χ1n) is 9.42. The largest absolute Gasteiger partial charge is 0.497 e. The number of aromatic nitrogens is 3. The van der Waals surface area contributed by atoms with E-state index in [9.17, 15) is 8.42 Å². The van der Waals surface area contributed by atoms with E-state index in [2.05, 4.69) is 19.9 Å². The molecule has 8 nitrogen and oxygen atoms in total. The molecule has 2 aromatic heterocycles. The van der Waals surface area contributed by atoms with Crippen LogP contribution in [0.15, 0.2) is 59.5 Å². The molecular formula is C21H20N4O4S2. The summed E-state index contributed by atoms with van der Waals surface area (Å²) in [7, 11) is -2.03. The summed E-state index contributed by atoms with van der Waals surface area (Å²) in [5.74, 6) is 1.08. The minimum Gasteiger partial charge on any atom is -0.497 e. The van der Waals surface area contributed by atoms with Crippen molar-refractivity contribution in [3.8, 4) is 22.9 Å². The first-order chi connectivity index (χ1) is 14.9. The van der Waals surface area contributed by atoms with E-state index in [1.807, 2.05) is 31.2 Å². The van der Waals surface area contributed by atoms with Gasteiger partial charge in [0, 0.05) is 18.2 Å². The number of benzene rings is 2. The summed E-state index contributed by atoms with van der Waals surface area (Å²) in [5.41, 5.74) is 2.39. The topological polar surface area (TPSA) is 103 Å². The monoisotopic (exact) mass is 456 g/mol. The Balaban J connectivity index is 1.32. The Bertz CT molecular complexity index is 1290. The van der Waals surface area contributed by atoms with Gasteiger partial charge >= 0.3 is 0 Å².